The van der Waals surface area contributed by atoms with Crippen molar-refractivity contribution >= 4 is 5.82 Å². The molecule has 1 aliphatic carbocycles. The number of hydrogen-bond acceptors (Lipinski definition) is 4. The molecule has 1 aromatic rings. The summed E-state index contributed by atoms with van der Waals surface area (Å²) in [5.74, 6) is 1.36. The second-order valence-corrected chi connectivity index (χ2v) is 3.98. The molecule has 0 spiro atoms. The number of aryl methyl sites for hydroxylation is 1. The van der Waals surface area contributed by atoms with E-state index < -0.39 is 0 Å². The lowest BCUT2D eigenvalue weighted by Gasteiger charge is -2.13. The van der Waals surface area contributed by atoms with Crippen LogP contribution in [0.1, 0.15) is 31.2 Å². The normalized spacial score (nSPS) is 17.2. The summed E-state index contributed by atoms with van der Waals surface area (Å²) < 4.78 is 0. The first kappa shape index (κ1) is 8.95. The summed E-state index contributed by atoms with van der Waals surface area (Å²) in [5.41, 5.74) is 0.663. The lowest BCUT2D eigenvalue weighted by atomic mass is 10.2. The van der Waals surface area contributed by atoms with Gasteiger partial charge in [0, 0.05) is 5.54 Å². The van der Waals surface area contributed by atoms with Crippen LogP contribution in [0.4, 0.5) is 5.82 Å². The van der Waals surface area contributed by atoms with Crippen LogP contribution in [0.15, 0.2) is 6.20 Å². The van der Waals surface area contributed by atoms with Crippen molar-refractivity contribution in [1.82, 2.24) is 9.97 Å². The molecule has 0 bridgehead atoms. The van der Waals surface area contributed by atoms with Crippen LogP contribution in [-0.2, 0) is 0 Å². The van der Waals surface area contributed by atoms with Crippen LogP contribution in [0, 0.1) is 18.3 Å². The molecule has 1 N–H and O–H groups in total. The molecule has 14 heavy (non-hydrogen) atoms. The molecule has 1 aliphatic rings. The molecule has 0 radical (unpaired) electrons. The maximum absolute atomic E-state index is 8.86. The van der Waals surface area contributed by atoms with E-state index in [2.05, 4.69) is 28.3 Å². The van der Waals surface area contributed by atoms with E-state index in [1.807, 2.05) is 6.92 Å². The van der Waals surface area contributed by atoms with Crippen molar-refractivity contribution in [1.29, 1.82) is 5.26 Å². The van der Waals surface area contributed by atoms with Gasteiger partial charge >= 0.3 is 0 Å². The fraction of sp³-hybridized carbons (Fsp3) is 0.500. The van der Waals surface area contributed by atoms with Crippen molar-refractivity contribution in [2.24, 2.45) is 0 Å². The molecule has 4 nitrogen and oxygen atoms in total. The standard InChI is InChI=1S/C10H12N4/c1-7-12-6-8(5-11)9(13-7)14-10(2)3-4-10/h6H,3-4H2,1-2H3,(H,12,13,14). The Bertz CT molecular complexity index is 401. The summed E-state index contributed by atoms with van der Waals surface area (Å²) in [4.78, 5) is 8.21. The minimum atomic E-state index is 0.145. The number of anilines is 1. The zero-order valence-corrected chi connectivity index (χ0v) is 8.33. The van der Waals surface area contributed by atoms with Gasteiger partial charge in [0.2, 0.25) is 0 Å². The minimum Gasteiger partial charge on any atom is -0.364 e. The molecular weight excluding hydrogens is 176 g/mol. The Hall–Kier alpha value is -1.63. The molecule has 4 heteroatoms. The molecule has 0 atom stereocenters. The number of nitrogens with one attached hydrogen (secondary N) is 1. The SMILES string of the molecule is Cc1ncc(C#N)c(NC2(C)CC2)n1. The molecule has 0 aromatic carbocycles. The Morgan fingerprint density at radius 1 is 1.57 bits per heavy atom. The lowest BCUT2D eigenvalue weighted by Crippen LogP contribution is -2.18. The highest BCUT2D eigenvalue weighted by atomic mass is 15.1. The van der Waals surface area contributed by atoms with E-state index in [-0.39, 0.29) is 5.54 Å². The number of nitrogens with zero attached hydrogens (tertiary/aromatic N) is 3. The van der Waals surface area contributed by atoms with Crippen molar-refractivity contribution in [3.05, 3.63) is 17.6 Å². The van der Waals surface area contributed by atoms with Gasteiger partial charge in [0.1, 0.15) is 23.3 Å². The monoisotopic (exact) mass is 188 g/mol. The summed E-state index contributed by atoms with van der Waals surface area (Å²) in [6.07, 6.45) is 3.85. The summed E-state index contributed by atoms with van der Waals surface area (Å²) in [7, 11) is 0. The van der Waals surface area contributed by atoms with Crippen molar-refractivity contribution < 1.29 is 0 Å². The average Bonchev–Trinajstić information content (AvgIpc) is 2.84. The van der Waals surface area contributed by atoms with Gasteiger partial charge in [0.25, 0.3) is 0 Å². The van der Waals surface area contributed by atoms with Gasteiger partial charge in [-0.15, -0.1) is 0 Å². The molecule has 0 aliphatic heterocycles. The predicted octanol–water partition coefficient (Wildman–Crippen LogP) is 1.62. The van der Waals surface area contributed by atoms with Crippen LogP contribution in [0.2, 0.25) is 0 Å². The van der Waals surface area contributed by atoms with Crippen LogP contribution in [0.25, 0.3) is 0 Å². The summed E-state index contributed by atoms with van der Waals surface area (Å²) >= 11 is 0. The Balaban J connectivity index is 2.31. The van der Waals surface area contributed by atoms with E-state index >= 15 is 0 Å². The number of aromatic nitrogens is 2. The highest BCUT2D eigenvalue weighted by Gasteiger charge is 2.37. The Labute approximate surface area is 83.0 Å². The topological polar surface area (TPSA) is 61.6 Å². The van der Waals surface area contributed by atoms with E-state index in [9.17, 15) is 0 Å². The first-order valence-electron chi connectivity index (χ1n) is 4.65. The van der Waals surface area contributed by atoms with Crippen LogP contribution >= 0.6 is 0 Å². The largest absolute Gasteiger partial charge is 0.364 e. The van der Waals surface area contributed by atoms with E-state index in [1.54, 1.807) is 6.20 Å². The number of hydrogen-bond donors (Lipinski definition) is 1. The van der Waals surface area contributed by atoms with E-state index in [4.69, 9.17) is 5.26 Å². The van der Waals surface area contributed by atoms with Gasteiger partial charge in [-0.25, -0.2) is 9.97 Å². The van der Waals surface area contributed by atoms with Gasteiger partial charge in [-0.05, 0) is 26.7 Å². The van der Waals surface area contributed by atoms with Gasteiger partial charge < -0.3 is 5.32 Å². The first-order chi connectivity index (χ1) is 6.63. The van der Waals surface area contributed by atoms with E-state index in [0.717, 1.165) is 12.8 Å². The average molecular weight is 188 g/mol. The van der Waals surface area contributed by atoms with Gasteiger partial charge in [-0.1, -0.05) is 0 Å². The molecule has 1 saturated carbocycles. The summed E-state index contributed by atoms with van der Waals surface area (Å²) in [5, 5.41) is 12.1. The van der Waals surface area contributed by atoms with Crippen molar-refractivity contribution in [3.8, 4) is 6.07 Å². The second-order valence-electron chi connectivity index (χ2n) is 3.98. The fourth-order valence-corrected chi connectivity index (χ4v) is 1.25. The molecule has 1 aromatic heterocycles. The quantitative estimate of drug-likeness (QED) is 0.766. The molecule has 2 rings (SSSR count). The minimum absolute atomic E-state index is 0.145. The van der Waals surface area contributed by atoms with Crippen molar-refractivity contribution in [2.75, 3.05) is 5.32 Å². The van der Waals surface area contributed by atoms with Gasteiger partial charge in [0.05, 0.1) is 6.20 Å². The molecule has 1 fully saturated rings. The van der Waals surface area contributed by atoms with E-state index in [1.165, 1.54) is 0 Å². The highest BCUT2D eigenvalue weighted by molar-refractivity contribution is 5.53. The Morgan fingerprint density at radius 3 is 2.86 bits per heavy atom. The third-order valence-corrected chi connectivity index (χ3v) is 2.45. The predicted molar refractivity (Wildman–Crippen MR) is 52.7 cm³/mol. The maximum Gasteiger partial charge on any atom is 0.148 e. The summed E-state index contributed by atoms with van der Waals surface area (Å²) in [6.45, 7) is 3.95. The van der Waals surface area contributed by atoms with Gasteiger partial charge in [-0.2, -0.15) is 5.26 Å². The maximum atomic E-state index is 8.86. The van der Waals surface area contributed by atoms with Gasteiger partial charge in [-0.3, -0.25) is 0 Å². The zero-order chi connectivity index (χ0) is 10.2. The van der Waals surface area contributed by atoms with Crippen LogP contribution < -0.4 is 5.32 Å². The third-order valence-electron chi connectivity index (χ3n) is 2.45. The molecule has 0 unspecified atom stereocenters. The second kappa shape index (κ2) is 2.95. The zero-order valence-electron chi connectivity index (χ0n) is 8.33. The number of rotatable bonds is 2. The van der Waals surface area contributed by atoms with Gasteiger partial charge in [0.15, 0.2) is 0 Å². The third kappa shape index (κ3) is 1.67. The molecule has 0 amide bonds. The smallest absolute Gasteiger partial charge is 0.148 e. The van der Waals surface area contributed by atoms with Crippen LogP contribution in [0.3, 0.4) is 0 Å². The first-order valence-corrected chi connectivity index (χ1v) is 4.65. The molecule has 72 valence electrons. The van der Waals surface area contributed by atoms with Crippen LogP contribution in [-0.4, -0.2) is 15.5 Å². The van der Waals surface area contributed by atoms with E-state index in [0.29, 0.717) is 17.2 Å². The highest BCUT2D eigenvalue weighted by Crippen LogP contribution is 2.38. The Kier molecular flexibility index (Phi) is 1.88. The number of nitriles is 1. The summed E-state index contributed by atoms with van der Waals surface area (Å²) in [6, 6.07) is 2.09. The molecule has 0 saturated heterocycles. The Morgan fingerprint density at radius 2 is 2.29 bits per heavy atom. The van der Waals surface area contributed by atoms with Crippen molar-refractivity contribution in [3.63, 3.8) is 0 Å². The van der Waals surface area contributed by atoms with Crippen LogP contribution in [0.5, 0.6) is 0 Å². The molecule has 1 heterocycles. The lowest BCUT2D eigenvalue weighted by molar-refractivity contribution is 0.815. The fourth-order valence-electron chi connectivity index (χ4n) is 1.25. The molecular formula is C10H12N4. The van der Waals surface area contributed by atoms with Crippen molar-refractivity contribution in [2.45, 2.75) is 32.2 Å².